The van der Waals surface area contributed by atoms with E-state index in [0.717, 1.165) is 0 Å². The number of fused-ring (bicyclic) bond motifs is 1. The molecule has 0 aliphatic carbocycles. The van der Waals surface area contributed by atoms with Crippen LogP contribution >= 0.6 is 11.6 Å². The zero-order valence-corrected chi connectivity index (χ0v) is 13.5. The van der Waals surface area contributed by atoms with Crippen molar-refractivity contribution in [2.45, 2.75) is 5.92 Å². The molecule has 0 amide bonds. The number of alkyl halides is 2. The molecule has 0 saturated carbocycles. The lowest BCUT2D eigenvalue weighted by atomic mass is 10.1. The van der Waals surface area contributed by atoms with Crippen LogP contribution in [-0.2, 0) is 0 Å². The normalized spacial score (nSPS) is 11.7. The van der Waals surface area contributed by atoms with Gasteiger partial charge in [0.1, 0.15) is 18.1 Å². The number of aromatic nitrogens is 3. The van der Waals surface area contributed by atoms with E-state index in [4.69, 9.17) is 16.7 Å². The van der Waals surface area contributed by atoms with Crippen LogP contribution in [0.5, 0.6) is 5.75 Å². The average molecular weight is 367 g/mol. The summed E-state index contributed by atoms with van der Waals surface area (Å²) in [5, 5.41) is 30.6. The van der Waals surface area contributed by atoms with Gasteiger partial charge in [-0.05, 0) is 24.3 Å². The number of nitrogens with zero attached hydrogens (tertiary/aromatic N) is 3. The van der Waals surface area contributed by atoms with Crippen molar-refractivity contribution in [3.05, 3.63) is 41.7 Å². The average Bonchev–Trinajstić information content (AvgIpc) is 2.60. The summed E-state index contributed by atoms with van der Waals surface area (Å²) in [6.07, 6.45) is 2.98. The van der Waals surface area contributed by atoms with Crippen molar-refractivity contribution in [2.24, 2.45) is 0 Å². The van der Waals surface area contributed by atoms with E-state index in [2.05, 4.69) is 20.5 Å². The summed E-state index contributed by atoms with van der Waals surface area (Å²) in [4.78, 5) is 3.98. The number of aliphatic hydroxyl groups excluding tert-OH is 1. The maximum absolute atomic E-state index is 13.3. The molecular weight excluding hydrogens is 354 g/mol. The topological polar surface area (TPSA) is 91.2 Å². The van der Waals surface area contributed by atoms with E-state index in [1.165, 1.54) is 18.5 Å². The van der Waals surface area contributed by atoms with E-state index in [1.54, 1.807) is 18.2 Å². The summed E-state index contributed by atoms with van der Waals surface area (Å²) in [6, 6.07) is 6.20. The number of halogens is 3. The van der Waals surface area contributed by atoms with Gasteiger partial charge in [0.05, 0.1) is 6.54 Å². The van der Waals surface area contributed by atoms with Crippen LogP contribution < -0.4 is 5.32 Å². The van der Waals surface area contributed by atoms with Gasteiger partial charge in [0.2, 0.25) is 0 Å². The second kappa shape index (κ2) is 6.73. The zero-order valence-electron chi connectivity index (χ0n) is 12.7. The first-order valence-corrected chi connectivity index (χ1v) is 7.61. The number of aliphatic hydroxyl groups is 1. The fourth-order valence-electron chi connectivity index (χ4n) is 2.30. The van der Waals surface area contributed by atoms with Gasteiger partial charge < -0.3 is 15.5 Å². The van der Waals surface area contributed by atoms with Crippen LogP contribution in [0.15, 0.2) is 36.7 Å². The first-order valence-electron chi connectivity index (χ1n) is 7.23. The molecule has 3 N–H and O–H groups in total. The molecule has 6 nitrogen and oxygen atoms in total. The third-order valence-electron chi connectivity index (χ3n) is 3.54. The summed E-state index contributed by atoms with van der Waals surface area (Å²) < 4.78 is 26.5. The molecule has 0 atom stereocenters. The van der Waals surface area contributed by atoms with Gasteiger partial charge in [-0.3, -0.25) is 4.98 Å². The molecule has 2 heterocycles. The van der Waals surface area contributed by atoms with Gasteiger partial charge >= 0.3 is 0 Å². The molecule has 1 aromatic carbocycles. The number of phenolic OH excluding ortho intramolecular Hbond substituents is 1. The molecule has 0 spiro atoms. The number of pyridine rings is 1. The monoisotopic (exact) mass is 366 g/mol. The van der Waals surface area contributed by atoms with Crippen LogP contribution in [0.3, 0.4) is 0 Å². The smallest absolute Gasteiger partial charge is 0.287 e. The Hall–Kier alpha value is -2.58. The third-order valence-corrected chi connectivity index (χ3v) is 3.78. The Labute approximate surface area is 146 Å². The van der Waals surface area contributed by atoms with Gasteiger partial charge in [-0.25, -0.2) is 8.78 Å². The van der Waals surface area contributed by atoms with Crippen molar-refractivity contribution in [3.63, 3.8) is 0 Å². The number of hydrogen-bond donors (Lipinski definition) is 3. The Morgan fingerprint density at radius 2 is 1.96 bits per heavy atom. The number of anilines is 1. The number of rotatable bonds is 5. The quantitative estimate of drug-likeness (QED) is 0.642. The van der Waals surface area contributed by atoms with Gasteiger partial charge in [0.25, 0.3) is 5.92 Å². The van der Waals surface area contributed by atoms with Gasteiger partial charge in [0, 0.05) is 33.8 Å². The van der Waals surface area contributed by atoms with E-state index in [1.807, 2.05) is 0 Å². The van der Waals surface area contributed by atoms with Crippen molar-refractivity contribution in [1.29, 1.82) is 0 Å². The summed E-state index contributed by atoms with van der Waals surface area (Å²) in [7, 11) is 0. The molecule has 0 bridgehead atoms. The maximum Gasteiger partial charge on any atom is 0.287 e. The highest BCUT2D eigenvalue weighted by molar-refractivity contribution is 6.30. The van der Waals surface area contributed by atoms with E-state index >= 15 is 0 Å². The molecule has 2 aromatic heterocycles. The molecule has 0 fully saturated rings. The van der Waals surface area contributed by atoms with Crippen LogP contribution in [-0.4, -0.2) is 44.5 Å². The first-order chi connectivity index (χ1) is 11.9. The molecule has 130 valence electrons. The number of hydrogen-bond acceptors (Lipinski definition) is 6. The molecule has 0 aliphatic heterocycles. The molecule has 0 aliphatic rings. The molecule has 3 rings (SSSR count). The fraction of sp³-hybridized carbons (Fsp3) is 0.188. The second-order valence-corrected chi connectivity index (χ2v) is 5.78. The fourth-order valence-corrected chi connectivity index (χ4v) is 2.47. The van der Waals surface area contributed by atoms with Gasteiger partial charge in [0.15, 0.2) is 5.82 Å². The van der Waals surface area contributed by atoms with Crippen molar-refractivity contribution >= 4 is 28.2 Å². The van der Waals surface area contributed by atoms with Crippen LogP contribution in [0.1, 0.15) is 0 Å². The van der Waals surface area contributed by atoms with Crippen molar-refractivity contribution in [2.75, 3.05) is 18.5 Å². The summed E-state index contributed by atoms with van der Waals surface area (Å²) in [5.74, 6) is -3.26. The SMILES string of the molecule is OCC(F)(F)CNc1nnc(-c2ccc(Cl)cc2O)c2ccncc12. The van der Waals surface area contributed by atoms with Crippen LogP contribution in [0, 0.1) is 0 Å². The number of benzene rings is 1. The number of aromatic hydroxyl groups is 1. The van der Waals surface area contributed by atoms with E-state index in [0.29, 0.717) is 27.1 Å². The van der Waals surface area contributed by atoms with Crippen LogP contribution in [0.4, 0.5) is 14.6 Å². The molecule has 9 heteroatoms. The number of phenols is 1. The van der Waals surface area contributed by atoms with Crippen molar-refractivity contribution in [3.8, 4) is 17.0 Å². The van der Waals surface area contributed by atoms with Gasteiger partial charge in [-0.2, -0.15) is 0 Å². The molecule has 0 saturated heterocycles. The lowest BCUT2D eigenvalue weighted by Gasteiger charge is -2.16. The number of nitrogens with one attached hydrogen (secondary N) is 1. The molecule has 3 aromatic rings. The Morgan fingerprint density at radius 1 is 1.16 bits per heavy atom. The lowest BCUT2D eigenvalue weighted by molar-refractivity contribution is -0.0373. The highest BCUT2D eigenvalue weighted by Gasteiger charge is 2.28. The van der Waals surface area contributed by atoms with Crippen LogP contribution in [0.25, 0.3) is 22.0 Å². The van der Waals surface area contributed by atoms with E-state index < -0.39 is 19.1 Å². The molecular formula is C16H13ClF2N4O2. The highest BCUT2D eigenvalue weighted by atomic mass is 35.5. The Bertz CT molecular complexity index is 924. The molecule has 0 radical (unpaired) electrons. The standard InChI is InChI=1S/C16H13ClF2N4O2/c17-9-1-2-11(13(25)5-9)14-10-3-4-20-6-12(10)15(23-22-14)21-7-16(18,19)8-24/h1-6,24-25H,7-8H2,(H,21,23). The predicted octanol–water partition coefficient (Wildman–Crippen LogP) is 3.09. The van der Waals surface area contributed by atoms with E-state index in [9.17, 15) is 13.9 Å². The maximum atomic E-state index is 13.3. The third kappa shape index (κ3) is 3.59. The zero-order chi connectivity index (χ0) is 18.0. The minimum atomic E-state index is -3.29. The van der Waals surface area contributed by atoms with Gasteiger partial charge in [-0.1, -0.05) is 11.6 Å². The largest absolute Gasteiger partial charge is 0.507 e. The molecule has 0 unspecified atom stereocenters. The lowest BCUT2D eigenvalue weighted by Crippen LogP contribution is -2.31. The highest BCUT2D eigenvalue weighted by Crippen LogP contribution is 2.35. The predicted molar refractivity (Wildman–Crippen MR) is 90.0 cm³/mol. The summed E-state index contributed by atoms with van der Waals surface area (Å²) in [6.45, 7) is -2.08. The van der Waals surface area contributed by atoms with Crippen molar-refractivity contribution in [1.82, 2.24) is 15.2 Å². The minimum absolute atomic E-state index is 0.0764. The van der Waals surface area contributed by atoms with Crippen molar-refractivity contribution < 1.29 is 19.0 Å². The second-order valence-electron chi connectivity index (χ2n) is 5.35. The Kier molecular flexibility index (Phi) is 4.65. The Morgan fingerprint density at radius 3 is 2.68 bits per heavy atom. The van der Waals surface area contributed by atoms with Crippen LogP contribution in [0.2, 0.25) is 5.02 Å². The summed E-state index contributed by atoms with van der Waals surface area (Å²) >= 11 is 5.84. The Balaban J connectivity index is 2.07. The summed E-state index contributed by atoms with van der Waals surface area (Å²) in [5.41, 5.74) is 0.770. The first kappa shape index (κ1) is 17.2. The van der Waals surface area contributed by atoms with Gasteiger partial charge in [-0.15, -0.1) is 10.2 Å². The minimum Gasteiger partial charge on any atom is -0.507 e. The molecule has 25 heavy (non-hydrogen) atoms. The van der Waals surface area contributed by atoms with E-state index in [-0.39, 0.29) is 11.6 Å².